The minimum Gasteiger partial charge on any atom is -0.292 e. The first-order valence-corrected chi connectivity index (χ1v) is 8.58. The molecule has 2 heterocycles. The van der Waals surface area contributed by atoms with Crippen LogP contribution in [0.15, 0.2) is 17.5 Å². The van der Waals surface area contributed by atoms with Gasteiger partial charge in [0.1, 0.15) is 0 Å². The summed E-state index contributed by atoms with van der Waals surface area (Å²) in [6.45, 7) is 1.99. The Hall–Kier alpha value is -0.410. The van der Waals surface area contributed by atoms with E-state index in [-0.39, 0.29) is 18.1 Å². The Morgan fingerprint density at radius 1 is 1.26 bits per heavy atom. The second kappa shape index (κ2) is 5.92. The van der Waals surface area contributed by atoms with Gasteiger partial charge in [-0.3, -0.25) is 9.29 Å². The summed E-state index contributed by atoms with van der Waals surface area (Å²) in [5, 5.41) is 2.20. The standard InChI is InChI=1S/C16H24FNS/c17-12-14-6-4-10-18(13-14)16(8-2-1-3-9-16)15-7-5-11-19-15/h5,7,11,14H,1-4,6,8-10,12-13H2. The summed E-state index contributed by atoms with van der Waals surface area (Å²) < 4.78 is 13.1. The first-order chi connectivity index (χ1) is 9.35. The molecule has 1 aromatic heterocycles. The molecule has 3 rings (SSSR count). The van der Waals surface area contributed by atoms with Crippen molar-refractivity contribution in [1.82, 2.24) is 4.90 Å². The molecular formula is C16H24FNS. The van der Waals surface area contributed by atoms with E-state index in [0.717, 1.165) is 19.5 Å². The van der Waals surface area contributed by atoms with Gasteiger partial charge in [0.2, 0.25) is 0 Å². The van der Waals surface area contributed by atoms with E-state index in [0.29, 0.717) is 0 Å². The summed E-state index contributed by atoms with van der Waals surface area (Å²) in [5.41, 5.74) is 0.236. The maximum atomic E-state index is 13.1. The van der Waals surface area contributed by atoms with Gasteiger partial charge in [-0.2, -0.15) is 0 Å². The van der Waals surface area contributed by atoms with Crippen molar-refractivity contribution in [3.63, 3.8) is 0 Å². The predicted molar refractivity (Wildman–Crippen MR) is 79.4 cm³/mol. The lowest BCUT2D eigenvalue weighted by Crippen LogP contribution is -2.51. The van der Waals surface area contributed by atoms with Gasteiger partial charge in [0.15, 0.2) is 0 Å². The highest BCUT2D eigenvalue weighted by atomic mass is 32.1. The van der Waals surface area contributed by atoms with Crippen LogP contribution in [0.4, 0.5) is 4.39 Å². The van der Waals surface area contributed by atoms with Gasteiger partial charge in [-0.15, -0.1) is 11.3 Å². The maximum Gasteiger partial charge on any atom is 0.0934 e. The molecule has 1 aliphatic heterocycles. The number of hydrogen-bond donors (Lipinski definition) is 0. The molecule has 0 spiro atoms. The zero-order chi connectivity index (χ0) is 13.1. The molecule has 0 aromatic carbocycles. The van der Waals surface area contributed by atoms with Crippen molar-refractivity contribution in [2.45, 2.75) is 50.5 Å². The zero-order valence-electron chi connectivity index (χ0n) is 11.6. The first kappa shape index (κ1) is 13.6. The van der Waals surface area contributed by atoms with Crippen LogP contribution in [0.3, 0.4) is 0 Å². The Bertz CT molecular complexity index is 383. The van der Waals surface area contributed by atoms with Gasteiger partial charge in [0.25, 0.3) is 0 Å². The number of piperidine rings is 1. The Kier molecular flexibility index (Phi) is 4.23. The summed E-state index contributed by atoms with van der Waals surface area (Å²) in [7, 11) is 0. The van der Waals surface area contributed by atoms with E-state index in [1.54, 1.807) is 0 Å². The van der Waals surface area contributed by atoms with Gasteiger partial charge < -0.3 is 0 Å². The van der Waals surface area contributed by atoms with Crippen molar-refractivity contribution in [1.29, 1.82) is 0 Å². The van der Waals surface area contributed by atoms with Gasteiger partial charge in [0, 0.05) is 17.3 Å². The highest BCUT2D eigenvalue weighted by Gasteiger charge is 2.41. The van der Waals surface area contributed by atoms with Crippen LogP contribution in [0, 0.1) is 5.92 Å². The predicted octanol–water partition coefficient (Wildman–Crippen LogP) is 4.59. The van der Waals surface area contributed by atoms with E-state index in [2.05, 4.69) is 22.4 Å². The van der Waals surface area contributed by atoms with E-state index in [9.17, 15) is 4.39 Å². The van der Waals surface area contributed by atoms with Gasteiger partial charge in [-0.25, -0.2) is 0 Å². The molecule has 19 heavy (non-hydrogen) atoms. The molecule has 1 aromatic rings. The Morgan fingerprint density at radius 2 is 2.11 bits per heavy atom. The minimum absolute atomic E-state index is 0.142. The second-order valence-electron chi connectivity index (χ2n) is 6.18. The number of halogens is 1. The van der Waals surface area contributed by atoms with E-state index < -0.39 is 0 Å². The van der Waals surface area contributed by atoms with Crippen molar-refractivity contribution in [2.75, 3.05) is 19.8 Å². The van der Waals surface area contributed by atoms with Crippen LogP contribution in [0.25, 0.3) is 0 Å². The van der Waals surface area contributed by atoms with Crippen LogP contribution in [0.5, 0.6) is 0 Å². The lowest BCUT2D eigenvalue weighted by Gasteiger charge is -2.49. The highest BCUT2D eigenvalue weighted by molar-refractivity contribution is 7.10. The van der Waals surface area contributed by atoms with Crippen LogP contribution in [-0.2, 0) is 5.54 Å². The quantitative estimate of drug-likeness (QED) is 0.783. The lowest BCUT2D eigenvalue weighted by molar-refractivity contribution is 0.00888. The Morgan fingerprint density at radius 3 is 2.79 bits per heavy atom. The molecule has 0 bridgehead atoms. The molecule has 0 amide bonds. The van der Waals surface area contributed by atoms with Crippen LogP contribution in [0.2, 0.25) is 0 Å². The topological polar surface area (TPSA) is 3.24 Å². The summed E-state index contributed by atoms with van der Waals surface area (Å²) in [5.74, 6) is 0.271. The molecule has 0 N–H and O–H groups in total. The van der Waals surface area contributed by atoms with Crippen LogP contribution < -0.4 is 0 Å². The third-order valence-corrected chi connectivity index (χ3v) is 6.07. The SMILES string of the molecule is FCC1CCCN(C2(c3cccs3)CCCCC2)C1. The summed E-state index contributed by atoms with van der Waals surface area (Å²) >= 11 is 1.90. The average molecular weight is 281 g/mol. The van der Waals surface area contributed by atoms with E-state index >= 15 is 0 Å². The van der Waals surface area contributed by atoms with Crippen molar-refractivity contribution >= 4 is 11.3 Å². The molecule has 1 unspecified atom stereocenters. The van der Waals surface area contributed by atoms with Gasteiger partial charge in [0.05, 0.1) is 12.2 Å². The Labute approximate surface area is 119 Å². The van der Waals surface area contributed by atoms with E-state index in [4.69, 9.17) is 0 Å². The molecule has 1 atom stereocenters. The lowest BCUT2D eigenvalue weighted by atomic mass is 9.77. The summed E-state index contributed by atoms with van der Waals surface area (Å²) in [4.78, 5) is 4.15. The summed E-state index contributed by atoms with van der Waals surface area (Å²) in [6.07, 6.45) is 8.81. The smallest absolute Gasteiger partial charge is 0.0934 e. The van der Waals surface area contributed by atoms with E-state index in [1.165, 1.54) is 43.4 Å². The fourth-order valence-corrected chi connectivity index (χ4v) is 4.99. The molecule has 1 nitrogen and oxygen atoms in total. The number of likely N-dealkylation sites (tertiary alicyclic amines) is 1. The molecule has 1 saturated carbocycles. The molecule has 2 fully saturated rings. The van der Waals surface area contributed by atoms with Crippen molar-refractivity contribution in [2.24, 2.45) is 5.92 Å². The average Bonchev–Trinajstić information content (AvgIpc) is 3.03. The first-order valence-electron chi connectivity index (χ1n) is 7.70. The number of alkyl halides is 1. The zero-order valence-corrected chi connectivity index (χ0v) is 12.4. The van der Waals surface area contributed by atoms with Crippen LogP contribution in [-0.4, -0.2) is 24.7 Å². The fraction of sp³-hybridized carbons (Fsp3) is 0.750. The molecule has 2 aliphatic rings. The molecule has 3 heteroatoms. The largest absolute Gasteiger partial charge is 0.292 e. The number of rotatable bonds is 3. The molecule has 0 radical (unpaired) electrons. The van der Waals surface area contributed by atoms with Gasteiger partial charge in [-0.1, -0.05) is 25.3 Å². The van der Waals surface area contributed by atoms with Gasteiger partial charge >= 0.3 is 0 Å². The Balaban J connectivity index is 1.86. The monoisotopic (exact) mass is 281 g/mol. The van der Waals surface area contributed by atoms with Crippen molar-refractivity contribution in [3.8, 4) is 0 Å². The number of hydrogen-bond acceptors (Lipinski definition) is 2. The van der Waals surface area contributed by atoms with Crippen LogP contribution in [0.1, 0.15) is 49.8 Å². The molecule has 1 aliphatic carbocycles. The van der Waals surface area contributed by atoms with Crippen molar-refractivity contribution < 1.29 is 4.39 Å². The second-order valence-corrected chi connectivity index (χ2v) is 7.13. The third kappa shape index (κ3) is 2.59. The van der Waals surface area contributed by atoms with Crippen molar-refractivity contribution in [3.05, 3.63) is 22.4 Å². The maximum absolute atomic E-state index is 13.1. The minimum atomic E-state index is -0.142. The highest BCUT2D eigenvalue weighted by Crippen LogP contribution is 2.45. The molecule has 1 saturated heterocycles. The van der Waals surface area contributed by atoms with Crippen LogP contribution >= 0.6 is 11.3 Å². The van der Waals surface area contributed by atoms with Gasteiger partial charge in [-0.05, 0) is 43.7 Å². The number of nitrogens with zero attached hydrogens (tertiary/aromatic N) is 1. The fourth-order valence-electron chi connectivity index (χ4n) is 3.98. The molecule has 106 valence electrons. The third-order valence-electron chi connectivity index (χ3n) is 5.00. The number of thiophene rings is 1. The summed E-state index contributed by atoms with van der Waals surface area (Å²) in [6, 6.07) is 4.47. The van der Waals surface area contributed by atoms with E-state index in [1.807, 2.05) is 11.3 Å². The normalized spacial score (nSPS) is 28.4. The molecular weight excluding hydrogens is 257 g/mol.